The van der Waals surface area contributed by atoms with Gasteiger partial charge in [0.1, 0.15) is 17.3 Å². The van der Waals surface area contributed by atoms with Crippen molar-refractivity contribution in [3.63, 3.8) is 0 Å². The van der Waals surface area contributed by atoms with E-state index < -0.39 is 11.6 Å². The maximum Gasteiger partial charge on any atom is 0.149 e. The summed E-state index contributed by atoms with van der Waals surface area (Å²) < 4.78 is 28.1. The molecular formula is C11H11F2N3. The third kappa shape index (κ3) is 2.18. The molecule has 0 atom stereocenters. The van der Waals surface area contributed by atoms with Crippen molar-refractivity contribution in [3.05, 3.63) is 47.8 Å². The number of aromatic nitrogens is 2. The van der Waals surface area contributed by atoms with Gasteiger partial charge < -0.3 is 5.32 Å². The Labute approximate surface area is 91.7 Å². The Balaban J connectivity index is 2.10. The van der Waals surface area contributed by atoms with Gasteiger partial charge >= 0.3 is 0 Å². The molecule has 0 aliphatic heterocycles. The number of nitrogens with zero attached hydrogens (tertiary/aromatic N) is 2. The van der Waals surface area contributed by atoms with E-state index in [4.69, 9.17) is 0 Å². The lowest BCUT2D eigenvalue weighted by molar-refractivity contribution is 0.587. The van der Waals surface area contributed by atoms with Crippen LogP contribution in [0.3, 0.4) is 0 Å². The van der Waals surface area contributed by atoms with E-state index in [1.165, 1.54) is 18.2 Å². The van der Waals surface area contributed by atoms with Crippen LogP contribution in [0.25, 0.3) is 0 Å². The van der Waals surface area contributed by atoms with Crippen molar-refractivity contribution < 1.29 is 8.78 Å². The number of rotatable bonds is 3. The summed E-state index contributed by atoms with van der Waals surface area (Å²) in [4.78, 5) is 0. The van der Waals surface area contributed by atoms with Gasteiger partial charge in [-0.15, -0.1) is 0 Å². The summed E-state index contributed by atoms with van der Waals surface area (Å²) >= 11 is 0. The predicted molar refractivity (Wildman–Crippen MR) is 56.9 cm³/mol. The Kier molecular flexibility index (Phi) is 2.85. The fraction of sp³-hybridized carbons (Fsp3) is 0.182. The van der Waals surface area contributed by atoms with Crippen molar-refractivity contribution in [3.8, 4) is 0 Å². The minimum absolute atomic E-state index is 0.117. The van der Waals surface area contributed by atoms with E-state index in [-0.39, 0.29) is 5.69 Å². The smallest absolute Gasteiger partial charge is 0.149 e. The van der Waals surface area contributed by atoms with Crippen LogP contribution in [0.1, 0.15) is 5.69 Å². The molecule has 0 bridgehead atoms. The molecule has 1 aromatic carbocycles. The highest BCUT2D eigenvalue weighted by Crippen LogP contribution is 2.18. The number of aryl methyl sites for hydroxylation is 1. The second kappa shape index (κ2) is 4.30. The second-order valence-electron chi connectivity index (χ2n) is 3.43. The summed E-state index contributed by atoms with van der Waals surface area (Å²) in [5, 5.41) is 6.78. The van der Waals surface area contributed by atoms with Gasteiger partial charge in [0, 0.05) is 13.2 Å². The molecule has 0 amide bonds. The van der Waals surface area contributed by atoms with Gasteiger partial charge in [-0.3, -0.25) is 4.68 Å². The molecule has 2 rings (SSSR count). The molecule has 0 saturated carbocycles. The van der Waals surface area contributed by atoms with Crippen molar-refractivity contribution in [2.24, 2.45) is 7.05 Å². The molecule has 0 aliphatic rings. The van der Waals surface area contributed by atoms with E-state index in [9.17, 15) is 8.78 Å². The molecule has 1 heterocycles. The quantitative estimate of drug-likeness (QED) is 0.865. The van der Waals surface area contributed by atoms with Crippen molar-refractivity contribution in [1.82, 2.24) is 9.78 Å². The number of para-hydroxylation sites is 1. The van der Waals surface area contributed by atoms with Crippen LogP contribution in [-0.4, -0.2) is 9.78 Å². The van der Waals surface area contributed by atoms with Crippen LogP contribution >= 0.6 is 0 Å². The van der Waals surface area contributed by atoms with E-state index in [1.54, 1.807) is 24.0 Å². The zero-order valence-electron chi connectivity index (χ0n) is 8.74. The fourth-order valence-corrected chi connectivity index (χ4v) is 1.40. The molecule has 3 nitrogen and oxygen atoms in total. The van der Waals surface area contributed by atoms with Crippen molar-refractivity contribution in [2.45, 2.75) is 6.54 Å². The molecule has 0 radical (unpaired) electrons. The van der Waals surface area contributed by atoms with Crippen LogP contribution in [0.5, 0.6) is 0 Å². The van der Waals surface area contributed by atoms with Gasteiger partial charge in [0.2, 0.25) is 0 Å². The second-order valence-corrected chi connectivity index (χ2v) is 3.43. The first kappa shape index (κ1) is 10.6. The highest BCUT2D eigenvalue weighted by atomic mass is 19.1. The van der Waals surface area contributed by atoms with E-state index in [2.05, 4.69) is 10.4 Å². The molecule has 16 heavy (non-hydrogen) atoms. The first-order chi connectivity index (χ1) is 7.66. The maximum atomic E-state index is 13.2. The third-order valence-electron chi connectivity index (χ3n) is 2.18. The van der Waals surface area contributed by atoms with Gasteiger partial charge in [-0.1, -0.05) is 6.07 Å². The highest BCUT2D eigenvalue weighted by Gasteiger charge is 2.07. The largest absolute Gasteiger partial charge is 0.375 e. The lowest BCUT2D eigenvalue weighted by Crippen LogP contribution is -2.04. The molecule has 84 valence electrons. The molecule has 1 N–H and O–H groups in total. The average Bonchev–Trinajstić information content (AvgIpc) is 2.63. The molecule has 0 aliphatic carbocycles. The Bertz CT molecular complexity index is 473. The summed E-state index contributed by atoms with van der Waals surface area (Å²) in [6, 6.07) is 5.54. The van der Waals surface area contributed by atoms with Crippen LogP contribution in [0.4, 0.5) is 14.5 Å². The molecule has 0 unspecified atom stereocenters. The topological polar surface area (TPSA) is 29.9 Å². The Morgan fingerprint density at radius 2 is 1.94 bits per heavy atom. The molecule has 0 spiro atoms. The van der Waals surface area contributed by atoms with Crippen LogP contribution < -0.4 is 5.32 Å². The SMILES string of the molecule is Cn1ccc(CNc2c(F)cccc2F)n1. The van der Waals surface area contributed by atoms with Gasteiger partial charge in [-0.2, -0.15) is 5.10 Å². The van der Waals surface area contributed by atoms with Crippen molar-refractivity contribution in [2.75, 3.05) is 5.32 Å². The van der Waals surface area contributed by atoms with E-state index in [1.807, 2.05) is 0 Å². The van der Waals surface area contributed by atoms with Crippen LogP contribution in [0, 0.1) is 11.6 Å². The van der Waals surface area contributed by atoms with Crippen LogP contribution in [0.2, 0.25) is 0 Å². The van der Waals surface area contributed by atoms with Gasteiger partial charge in [0.15, 0.2) is 0 Å². The van der Waals surface area contributed by atoms with Gasteiger partial charge in [0.25, 0.3) is 0 Å². The van der Waals surface area contributed by atoms with Crippen molar-refractivity contribution in [1.29, 1.82) is 0 Å². The van der Waals surface area contributed by atoms with E-state index >= 15 is 0 Å². The van der Waals surface area contributed by atoms with Gasteiger partial charge in [0.05, 0.1) is 12.2 Å². The molecular weight excluding hydrogens is 212 g/mol. The zero-order valence-corrected chi connectivity index (χ0v) is 8.74. The van der Waals surface area contributed by atoms with Crippen molar-refractivity contribution >= 4 is 5.69 Å². The number of hydrogen-bond acceptors (Lipinski definition) is 2. The molecule has 2 aromatic rings. The van der Waals surface area contributed by atoms with Crippen LogP contribution in [0.15, 0.2) is 30.5 Å². The summed E-state index contributed by atoms with van der Waals surface area (Å²) in [6.45, 7) is 0.290. The Hall–Kier alpha value is -1.91. The number of anilines is 1. The average molecular weight is 223 g/mol. The number of nitrogens with one attached hydrogen (secondary N) is 1. The number of halogens is 2. The monoisotopic (exact) mass is 223 g/mol. The standard InChI is InChI=1S/C11H11F2N3/c1-16-6-5-8(15-16)7-14-11-9(12)3-2-4-10(11)13/h2-6,14H,7H2,1H3. The third-order valence-corrected chi connectivity index (χ3v) is 2.18. The number of benzene rings is 1. The Morgan fingerprint density at radius 3 is 2.50 bits per heavy atom. The molecule has 1 aromatic heterocycles. The van der Waals surface area contributed by atoms with Crippen LogP contribution in [-0.2, 0) is 13.6 Å². The lowest BCUT2D eigenvalue weighted by Gasteiger charge is -2.06. The van der Waals surface area contributed by atoms with E-state index in [0.717, 1.165) is 5.69 Å². The first-order valence-electron chi connectivity index (χ1n) is 4.83. The minimum Gasteiger partial charge on any atom is -0.375 e. The highest BCUT2D eigenvalue weighted by molar-refractivity contribution is 5.46. The predicted octanol–water partition coefficient (Wildman–Crippen LogP) is 2.31. The summed E-state index contributed by atoms with van der Waals surface area (Å²) in [5.41, 5.74) is 0.610. The zero-order chi connectivity index (χ0) is 11.5. The maximum absolute atomic E-state index is 13.2. The molecule has 0 fully saturated rings. The molecule has 5 heteroatoms. The number of hydrogen-bond donors (Lipinski definition) is 1. The lowest BCUT2D eigenvalue weighted by atomic mass is 10.3. The summed E-state index contributed by atoms with van der Waals surface area (Å²) in [6.07, 6.45) is 1.77. The molecule has 0 saturated heterocycles. The van der Waals surface area contributed by atoms with Gasteiger partial charge in [-0.05, 0) is 18.2 Å². The van der Waals surface area contributed by atoms with E-state index in [0.29, 0.717) is 6.54 Å². The normalized spacial score (nSPS) is 10.4. The summed E-state index contributed by atoms with van der Waals surface area (Å²) in [5.74, 6) is -1.20. The van der Waals surface area contributed by atoms with Gasteiger partial charge in [-0.25, -0.2) is 8.78 Å². The summed E-state index contributed by atoms with van der Waals surface area (Å²) in [7, 11) is 1.78. The Morgan fingerprint density at radius 1 is 1.25 bits per heavy atom. The first-order valence-corrected chi connectivity index (χ1v) is 4.83. The minimum atomic E-state index is -0.601. The fourth-order valence-electron chi connectivity index (χ4n) is 1.40.